The van der Waals surface area contributed by atoms with Crippen LogP contribution in [0.1, 0.15) is 11.1 Å². The number of nitrogens with one attached hydrogen (secondary N) is 1. The van der Waals surface area contributed by atoms with Crippen molar-refractivity contribution in [1.29, 1.82) is 0 Å². The first kappa shape index (κ1) is 21.0. The summed E-state index contributed by atoms with van der Waals surface area (Å²) in [4.78, 5) is 42.5. The molecule has 3 aromatic rings. The summed E-state index contributed by atoms with van der Waals surface area (Å²) in [6, 6.07) is 19.9. The van der Waals surface area contributed by atoms with Crippen LogP contribution in [0.5, 0.6) is 0 Å². The highest BCUT2D eigenvalue weighted by Crippen LogP contribution is 2.19. The van der Waals surface area contributed by atoms with Crippen molar-refractivity contribution in [2.24, 2.45) is 0 Å². The number of amides is 2. The molecule has 0 spiro atoms. The summed E-state index contributed by atoms with van der Waals surface area (Å²) < 4.78 is 0. The Labute approximate surface area is 184 Å². The van der Waals surface area contributed by atoms with Crippen molar-refractivity contribution in [3.8, 4) is 0 Å². The van der Waals surface area contributed by atoms with Crippen LogP contribution in [0.15, 0.2) is 72.9 Å². The van der Waals surface area contributed by atoms with Crippen molar-refractivity contribution in [3.63, 3.8) is 0 Å². The van der Waals surface area contributed by atoms with E-state index in [0.717, 1.165) is 16.8 Å². The van der Waals surface area contributed by atoms with Crippen LogP contribution in [-0.4, -0.2) is 44.6 Å². The third-order valence-electron chi connectivity index (χ3n) is 5.17. The van der Waals surface area contributed by atoms with E-state index in [1.165, 1.54) is 18.3 Å². The number of hydrogen-bond donors (Lipinski definition) is 1. The first-order chi connectivity index (χ1) is 15.5. The average molecular weight is 431 g/mol. The van der Waals surface area contributed by atoms with Gasteiger partial charge in [-0.05, 0) is 29.3 Å². The molecule has 0 saturated carbocycles. The second kappa shape index (κ2) is 9.25. The minimum atomic E-state index is -0.501. The van der Waals surface area contributed by atoms with E-state index in [0.29, 0.717) is 32.0 Å². The minimum absolute atomic E-state index is 0.0750. The number of pyridine rings is 1. The van der Waals surface area contributed by atoms with Crippen molar-refractivity contribution in [1.82, 2.24) is 14.8 Å². The van der Waals surface area contributed by atoms with Gasteiger partial charge < -0.3 is 15.1 Å². The molecule has 1 N–H and O–H groups in total. The number of anilines is 2. The summed E-state index contributed by atoms with van der Waals surface area (Å²) in [5.74, 6) is -0.495. The van der Waals surface area contributed by atoms with Crippen molar-refractivity contribution in [2.45, 2.75) is 13.1 Å². The van der Waals surface area contributed by atoms with Gasteiger partial charge in [-0.1, -0.05) is 42.5 Å². The standard InChI is InChI=1S/C23H21N5O4/c29-22-23(30)27(13-12-26(22)15-17-4-2-1-3-5-17)16-18-6-8-19(9-7-18)25-21-11-10-20(14-24-21)28(31)32/h1-11,14H,12-13,15-16H2,(H,24,25). The quantitative estimate of drug-likeness (QED) is 0.350. The summed E-state index contributed by atoms with van der Waals surface area (Å²) in [5.41, 5.74) is 2.57. The lowest BCUT2D eigenvalue weighted by Gasteiger charge is -2.33. The zero-order valence-corrected chi connectivity index (χ0v) is 17.2. The average Bonchev–Trinajstić information content (AvgIpc) is 2.81. The maximum Gasteiger partial charge on any atom is 0.312 e. The monoisotopic (exact) mass is 431 g/mol. The van der Waals surface area contributed by atoms with Crippen molar-refractivity contribution in [3.05, 3.63) is 94.2 Å². The van der Waals surface area contributed by atoms with Gasteiger partial charge in [0.1, 0.15) is 12.0 Å². The number of piperazine rings is 1. The van der Waals surface area contributed by atoms with Gasteiger partial charge in [-0.3, -0.25) is 19.7 Å². The van der Waals surface area contributed by atoms with E-state index in [1.807, 2.05) is 54.6 Å². The van der Waals surface area contributed by atoms with E-state index in [2.05, 4.69) is 10.3 Å². The number of hydrogen-bond acceptors (Lipinski definition) is 6. The lowest BCUT2D eigenvalue weighted by atomic mass is 10.1. The summed E-state index contributed by atoms with van der Waals surface area (Å²) in [6.07, 6.45) is 1.19. The molecule has 0 aliphatic carbocycles. The molecule has 1 aliphatic rings. The number of carbonyl (C=O) groups excluding carboxylic acids is 2. The van der Waals surface area contributed by atoms with E-state index >= 15 is 0 Å². The molecule has 1 aromatic heterocycles. The largest absolute Gasteiger partial charge is 0.340 e. The highest BCUT2D eigenvalue weighted by atomic mass is 16.6. The highest BCUT2D eigenvalue weighted by molar-refractivity contribution is 6.35. The van der Waals surface area contributed by atoms with Gasteiger partial charge in [0, 0.05) is 37.9 Å². The number of benzene rings is 2. The fraction of sp³-hybridized carbons (Fsp3) is 0.174. The van der Waals surface area contributed by atoms with E-state index < -0.39 is 16.7 Å². The second-order valence-corrected chi connectivity index (χ2v) is 7.42. The van der Waals surface area contributed by atoms with E-state index in [4.69, 9.17) is 0 Å². The van der Waals surface area contributed by atoms with Crippen LogP contribution < -0.4 is 5.32 Å². The molecule has 2 heterocycles. The zero-order chi connectivity index (χ0) is 22.5. The Hall–Kier alpha value is -4.27. The van der Waals surface area contributed by atoms with Crippen LogP contribution in [0.2, 0.25) is 0 Å². The topological polar surface area (TPSA) is 109 Å². The molecule has 9 heteroatoms. The Balaban J connectivity index is 1.34. The molecule has 2 amide bonds. The molecular formula is C23H21N5O4. The Morgan fingerprint density at radius 2 is 1.44 bits per heavy atom. The fourth-order valence-corrected chi connectivity index (χ4v) is 3.45. The molecule has 0 bridgehead atoms. The highest BCUT2D eigenvalue weighted by Gasteiger charge is 2.32. The van der Waals surface area contributed by atoms with Crippen LogP contribution in [0, 0.1) is 10.1 Å². The summed E-state index contributed by atoms with van der Waals surface area (Å²) in [7, 11) is 0. The Kier molecular flexibility index (Phi) is 6.07. The predicted molar refractivity (Wildman–Crippen MR) is 118 cm³/mol. The van der Waals surface area contributed by atoms with E-state index in [-0.39, 0.29) is 5.69 Å². The van der Waals surface area contributed by atoms with Crippen molar-refractivity contribution >= 4 is 29.0 Å². The summed E-state index contributed by atoms with van der Waals surface area (Å²) in [5, 5.41) is 13.8. The van der Waals surface area contributed by atoms with Gasteiger partial charge in [-0.25, -0.2) is 4.98 Å². The maximum atomic E-state index is 12.6. The maximum absolute atomic E-state index is 12.6. The van der Waals surface area contributed by atoms with E-state index in [9.17, 15) is 19.7 Å². The zero-order valence-electron chi connectivity index (χ0n) is 17.2. The van der Waals surface area contributed by atoms with Crippen LogP contribution in [0.4, 0.5) is 17.2 Å². The number of nitrogens with zero attached hydrogens (tertiary/aromatic N) is 4. The lowest BCUT2D eigenvalue weighted by molar-refractivity contribution is -0.385. The van der Waals surface area contributed by atoms with Gasteiger partial charge in [-0.2, -0.15) is 0 Å². The first-order valence-corrected chi connectivity index (χ1v) is 10.1. The molecule has 32 heavy (non-hydrogen) atoms. The van der Waals surface area contributed by atoms with E-state index in [1.54, 1.807) is 9.80 Å². The second-order valence-electron chi connectivity index (χ2n) is 7.42. The SMILES string of the molecule is O=C1C(=O)N(Cc2ccc(Nc3ccc([N+](=O)[O-])cn3)cc2)CCN1Cc1ccccc1. The van der Waals surface area contributed by atoms with Gasteiger partial charge in [0.15, 0.2) is 0 Å². The van der Waals surface area contributed by atoms with Crippen molar-refractivity contribution in [2.75, 3.05) is 18.4 Å². The number of carbonyl (C=O) groups is 2. The van der Waals surface area contributed by atoms with Crippen LogP contribution in [0.25, 0.3) is 0 Å². The molecule has 1 aliphatic heterocycles. The molecule has 4 rings (SSSR count). The summed E-state index contributed by atoms with van der Waals surface area (Å²) >= 11 is 0. The molecule has 1 saturated heterocycles. The van der Waals surface area contributed by atoms with Crippen LogP contribution >= 0.6 is 0 Å². The molecule has 9 nitrogen and oxygen atoms in total. The molecule has 0 unspecified atom stereocenters. The molecule has 162 valence electrons. The molecule has 1 fully saturated rings. The summed E-state index contributed by atoms with van der Waals surface area (Å²) in [6.45, 7) is 1.74. The Bertz CT molecular complexity index is 1120. The third kappa shape index (κ3) is 4.89. The van der Waals surface area contributed by atoms with Crippen LogP contribution in [0.3, 0.4) is 0 Å². The van der Waals surface area contributed by atoms with Gasteiger partial charge >= 0.3 is 11.8 Å². The van der Waals surface area contributed by atoms with Gasteiger partial charge in [0.2, 0.25) is 0 Å². The smallest absolute Gasteiger partial charge is 0.312 e. The third-order valence-corrected chi connectivity index (χ3v) is 5.17. The molecule has 2 aromatic carbocycles. The number of nitro groups is 1. The predicted octanol–water partition coefficient (Wildman–Crippen LogP) is 3.10. The van der Waals surface area contributed by atoms with Gasteiger partial charge in [0.25, 0.3) is 5.69 Å². The Morgan fingerprint density at radius 1 is 0.844 bits per heavy atom. The minimum Gasteiger partial charge on any atom is -0.340 e. The van der Waals surface area contributed by atoms with Gasteiger partial charge in [-0.15, -0.1) is 0 Å². The van der Waals surface area contributed by atoms with Gasteiger partial charge in [0.05, 0.1) is 4.92 Å². The number of rotatable bonds is 7. The van der Waals surface area contributed by atoms with Crippen LogP contribution in [-0.2, 0) is 22.7 Å². The lowest BCUT2D eigenvalue weighted by Crippen LogP contribution is -2.53. The molecular weight excluding hydrogens is 410 g/mol. The molecule has 0 radical (unpaired) electrons. The normalized spacial score (nSPS) is 13.9. The van der Waals surface area contributed by atoms with Crippen molar-refractivity contribution < 1.29 is 14.5 Å². The fourth-order valence-electron chi connectivity index (χ4n) is 3.45. The molecule has 0 atom stereocenters. The number of aromatic nitrogens is 1. The first-order valence-electron chi connectivity index (χ1n) is 10.1. The Morgan fingerprint density at radius 3 is 1.97 bits per heavy atom.